The van der Waals surface area contributed by atoms with E-state index in [1.807, 2.05) is 6.08 Å². The summed E-state index contributed by atoms with van der Waals surface area (Å²) in [7, 11) is 0. The van der Waals surface area contributed by atoms with Crippen LogP contribution < -0.4 is 0 Å². The molecule has 374 valence electrons. The summed E-state index contributed by atoms with van der Waals surface area (Å²) in [5.41, 5.74) is 0. The number of allylic oxidation sites excluding steroid dienone is 6. The van der Waals surface area contributed by atoms with Crippen molar-refractivity contribution in [2.45, 2.75) is 303 Å². The maximum Gasteiger partial charge on any atom is 0.306 e. The zero-order valence-corrected chi connectivity index (χ0v) is 42.8. The molecule has 0 fully saturated rings. The van der Waals surface area contributed by atoms with E-state index < -0.39 is 6.10 Å². The van der Waals surface area contributed by atoms with Crippen molar-refractivity contribution in [2.75, 3.05) is 13.2 Å². The van der Waals surface area contributed by atoms with E-state index in [0.29, 0.717) is 19.3 Å². The molecule has 1 unspecified atom stereocenters. The number of hydrogen-bond donors (Lipinski definition) is 0. The Morgan fingerprint density at radius 1 is 0.312 bits per heavy atom. The van der Waals surface area contributed by atoms with Gasteiger partial charge in [-0.1, -0.05) is 250 Å². The van der Waals surface area contributed by atoms with Gasteiger partial charge in [0.1, 0.15) is 13.2 Å². The lowest BCUT2D eigenvalue weighted by atomic mass is 10.0. The Bertz CT molecular complexity index is 1080. The minimum atomic E-state index is -0.792. The lowest BCUT2D eigenvalue weighted by molar-refractivity contribution is -0.166. The van der Waals surface area contributed by atoms with Crippen molar-refractivity contribution in [2.24, 2.45) is 0 Å². The third kappa shape index (κ3) is 50.6. The summed E-state index contributed by atoms with van der Waals surface area (Å²) in [4.78, 5) is 38.0. The minimum Gasteiger partial charge on any atom is -0.462 e. The molecule has 0 aromatic heterocycles. The summed E-state index contributed by atoms with van der Waals surface area (Å²) in [6, 6.07) is 0. The molecule has 1 atom stereocenters. The molecule has 0 rings (SSSR count). The Balaban J connectivity index is 4.37. The van der Waals surface area contributed by atoms with E-state index in [1.165, 1.54) is 199 Å². The van der Waals surface area contributed by atoms with E-state index >= 15 is 0 Å². The molecule has 0 spiro atoms. The molecular formula is C58H106O6. The monoisotopic (exact) mass is 899 g/mol. The standard InChI is InChI=1S/C58H106O6/c1-4-7-10-13-16-19-22-25-27-28-29-30-31-34-36-39-42-45-48-51-57(60)63-54-55(53-62-56(59)50-47-44-41-38-35-32-24-21-18-15-12-9-6-3)64-58(61)52-49-46-43-40-37-33-26-23-20-17-14-11-8-5-2/h28-29,32,35,41,44,55H,4-27,30-31,33-34,36-40,42-43,45-54H2,1-3H3/b29-28+,35-32+,44-41+. The molecule has 0 aliphatic carbocycles. The molecule has 0 saturated heterocycles. The fraction of sp³-hybridized carbons (Fsp3) is 0.845. The van der Waals surface area contributed by atoms with E-state index in [9.17, 15) is 14.4 Å². The third-order valence-corrected chi connectivity index (χ3v) is 12.4. The summed E-state index contributed by atoms with van der Waals surface area (Å²) in [6.45, 7) is 6.61. The summed E-state index contributed by atoms with van der Waals surface area (Å²) < 4.78 is 16.8. The first-order valence-corrected chi connectivity index (χ1v) is 28.0. The van der Waals surface area contributed by atoms with Crippen LogP contribution in [0.25, 0.3) is 0 Å². The van der Waals surface area contributed by atoms with Gasteiger partial charge < -0.3 is 14.2 Å². The van der Waals surface area contributed by atoms with Gasteiger partial charge >= 0.3 is 17.9 Å². The van der Waals surface area contributed by atoms with Crippen LogP contribution in [0, 0.1) is 0 Å². The third-order valence-electron chi connectivity index (χ3n) is 12.4. The van der Waals surface area contributed by atoms with Crippen LogP contribution in [0.3, 0.4) is 0 Å². The molecule has 0 bridgehead atoms. The largest absolute Gasteiger partial charge is 0.462 e. The molecule has 0 aliphatic rings. The number of rotatable bonds is 51. The predicted molar refractivity (Wildman–Crippen MR) is 275 cm³/mol. The molecule has 0 aliphatic heterocycles. The number of esters is 3. The Labute approximate surface area is 397 Å². The normalized spacial score (nSPS) is 12.2. The lowest BCUT2D eigenvalue weighted by Crippen LogP contribution is -2.30. The Kier molecular flexibility index (Phi) is 51.3. The van der Waals surface area contributed by atoms with Crippen LogP contribution in [0.1, 0.15) is 297 Å². The molecule has 0 amide bonds. The van der Waals surface area contributed by atoms with Crippen LogP contribution in [0.15, 0.2) is 36.5 Å². The number of carbonyl (C=O) groups excluding carboxylic acids is 3. The molecule has 6 heteroatoms. The Hall–Kier alpha value is -2.37. The minimum absolute atomic E-state index is 0.0882. The molecule has 64 heavy (non-hydrogen) atoms. The van der Waals surface area contributed by atoms with E-state index in [-0.39, 0.29) is 37.5 Å². The first-order valence-electron chi connectivity index (χ1n) is 28.0. The van der Waals surface area contributed by atoms with Crippen molar-refractivity contribution in [1.29, 1.82) is 0 Å². The molecule has 0 radical (unpaired) electrons. The van der Waals surface area contributed by atoms with Gasteiger partial charge in [0.15, 0.2) is 6.10 Å². The van der Waals surface area contributed by atoms with Crippen molar-refractivity contribution in [3.05, 3.63) is 36.5 Å². The van der Waals surface area contributed by atoms with Gasteiger partial charge in [0.2, 0.25) is 0 Å². The highest BCUT2D eigenvalue weighted by Gasteiger charge is 2.19. The number of carbonyl (C=O) groups is 3. The van der Waals surface area contributed by atoms with Crippen molar-refractivity contribution in [1.82, 2.24) is 0 Å². The zero-order chi connectivity index (χ0) is 46.5. The van der Waals surface area contributed by atoms with Gasteiger partial charge in [-0.3, -0.25) is 14.4 Å². The van der Waals surface area contributed by atoms with Gasteiger partial charge in [0.05, 0.1) is 0 Å². The van der Waals surface area contributed by atoms with Gasteiger partial charge in [-0.25, -0.2) is 0 Å². The van der Waals surface area contributed by atoms with Gasteiger partial charge in [0.25, 0.3) is 0 Å². The molecular weight excluding hydrogens is 793 g/mol. The predicted octanol–water partition coefficient (Wildman–Crippen LogP) is 18.5. The summed E-state index contributed by atoms with van der Waals surface area (Å²) in [6.07, 6.45) is 62.9. The SMILES string of the molecule is CCCCCCCC/C=C/C/C=C/CCC(=O)OCC(COC(=O)CCCCCCCCC/C=C/CCCCCCCCCC)OC(=O)CCCCCCCCCCCCCCCC. The lowest BCUT2D eigenvalue weighted by Gasteiger charge is -2.18. The van der Waals surface area contributed by atoms with Crippen LogP contribution in [0.5, 0.6) is 0 Å². The topological polar surface area (TPSA) is 78.9 Å². The second kappa shape index (κ2) is 53.2. The second-order valence-electron chi connectivity index (χ2n) is 18.8. The molecule has 0 heterocycles. The van der Waals surface area contributed by atoms with Crippen LogP contribution in [-0.4, -0.2) is 37.2 Å². The second-order valence-corrected chi connectivity index (χ2v) is 18.8. The summed E-state index contributed by atoms with van der Waals surface area (Å²) >= 11 is 0. The number of ether oxygens (including phenoxy) is 3. The van der Waals surface area contributed by atoms with Gasteiger partial charge in [-0.05, 0) is 64.2 Å². The average molecular weight is 899 g/mol. The quantitative estimate of drug-likeness (QED) is 0.0262. The van der Waals surface area contributed by atoms with Crippen LogP contribution in [0.4, 0.5) is 0 Å². The first kappa shape index (κ1) is 61.6. The molecule has 0 saturated carbocycles. The highest BCUT2D eigenvalue weighted by molar-refractivity contribution is 5.71. The summed E-state index contributed by atoms with van der Waals surface area (Å²) in [5.74, 6) is -0.948. The van der Waals surface area contributed by atoms with E-state index in [4.69, 9.17) is 14.2 Å². The smallest absolute Gasteiger partial charge is 0.306 e. The Morgan fingerprint density at radius 2 is 0.594 bits per heavy atom. The van der Waals surface area contributed by atoms with Crippen LogP contribution in [0.2, 0.25) is 0 Å². The highest BCUT2D eigenvalue weighted by atomic mass is 16.6. The summed E-state index contributed by atoms with van der Waals surface area (Å²) in [5, 5.41) is 0. The number of unbranched alkanes of at least 4 members (excludes halogenated alkanes) is 34. The van der Waals surface area contributed by atoms with Crippen molar-refractivity contribution in [3.8, 4) is 0 Å². The van der Waals surface area contributed by atoms with Gasteiger partial charge in [-0.2, -0.15) is 0 Å². The number of hydrogen-bond acceptors (Lipinski definition) is 6. The van der Waals surface area contributed by atoms with E-state index in [0.717, 1.165) is 51.4 Å². The van der Waals surface area contributed by atoms with Crippen LogP contribution >= 0.6 is 0 Å². The Morgan fingerprint density at radius 3 is 0.969 bits per heavy atom. The zero-order valence-electron chi connectivity index (χ0n) is 42.8. The van der Waals surface area contributed by atoms with Crippen molar-refractivity contribution < 1.29 is 28.6 Å². The maximum atomic E-state index is 12.8. The fourth-order valence-electron chi connectivity index (χ4n) is 8.14. The van der Waals surface area contributed by atoms with Crippen LogP contribution in [-0.2, 0) is 28.6 Å². The van der Waals surface area contributed by atoms with E-state index in [1.54, 1.807) is 0 Å². The maximum absolute atomic E-state index is 12.8. The highest BCUT2D eigenvalue weighted by Crippen LogP contribution is 2.16. The van der Waals surface area contributed by atoms with Crippen molar-refractivity contribution >= 4 is 17.9 Å². The molecule has 6 nitrogen and oxygen atoms in total. The molecule has 0 aromatic carbocycles. The van der Waals surface area contributed by atoms with Gasteiger partial charge in [0, 0.05) is 19.3 Å². The first-order chi connectivity index (χ1) is 31.5. The fourth-order valence-corrected chi connectivity index (χ4v) is 8.14. The van der Waals surface area contributed by atoms with Gasteiger partial charge in [-0.15, -0.1) is 0 Å². The average Bonchev–Trinajstić information content (AvgIpc) is 3.29. The van der Waals surface area contributed by atoms with Crippen molar-refractivity contribution in [3.63, 3.8) is 0 Å². The molecule has 0 aromatic rings. The molecule has 0 N–H and O–H groups in total. The van der Waals surface area contributed by atoms with E-state index in [2.05, 4.69) is 51.2 Å².